The van der Waals surface area contributed by atoms with Crippen LogP contribution in [0.3, 0.4) is 0 Å². The molecule has 1 aromatic rings. The molecule has 0 spiro atoms. The first-order chi connectivity index (χ1) is 11.1. The zero-order valence-electron chi connectivity index (χ0n) is 14.2. The second kappa shape index (κ2) is 7.41. The van der Waals surface area contributed by atoms with E-state index in [9.17, 15) is 4.79 Å². The van der Waals surface area contributed by atoms with Gasteiger partial charge in [0.05, 0.1) is 24.9 Å². The normalized spacial score (nSPS) is 22.7. The lowest BCUT2D eigenvalue weighted by Gasteiger charge is -2.27. The minimum atomic E-state index is 0.0520. The van der Waals surface area contributed by atoms with Gasteiger partial charge in [-0.3, -0.25) is 14.7 Å². The molecule has 0 bridgehead atoms. The number of likely N-dealkylation sites (tertiary alicyclic amines) is 1. The number of hydrogen-bond acceptors (Lipinski definition) is 4. The first kappa shape index (κ1) is 16.4. The average Bonchev–Trinajstić information content (AvgIpc) is 3.05. The van der Waals surface area contributed by atoms with Crippen molar-refractivity contribution in [3.8, 4) is 0 Å². The minimum Gasteiger partial charge on any atom is -0.379 e. The van der Waals surface area contributed by atoms with Crippen molar-refractivity contribution in [3.63, 3.8) is 0 Å². The van der Waals surface area contributed by atoms with E-state index in [0.717, 1.165) is 57.9 Å². The molecule has 0 saturated carbocycles. The standard InChI is InChI=1S/C18H27N3O2/c1-14(2)18(22)21-7-3-4-17(21)16-6-5-15(12-19-16)13-20-8-10-23-11-9-20/h5-6,12,14,17H,3-4,7-11,13H2,1-2H3. The molecule has 1 atom stereocenters. The Morgan fingerprint density at radius 2 is 2.09 bits per heavy atom. The zero-order chi connectivity index (χ0) is 16.2. The molecule has 2 aliphatic rings. The lowest BCUT2D eigenvalue weighted by Crippen LogP contribution is -2.35. The van der Waals surface area contributed by atoms with Crippen LogP contribution in [0.15, 0.2) is 18.3 Å². The van der Waals surface area contributed by atoms with Crippen molar-refractivity contribution in [3.05, 3.63) is 29.6 Å². The van der Waals surface area contributed by atoms with Crippen LogP contribution in [0.1, 0.15) is 44.0 Å². The molecule has 3 heterocycles. The lowest BCUT2D eigenvalue weighted by atomic mass is 10.1. The van der Waals surface area contributed by atoms with Crippen LogP contribution in [0.4, 0.5) is 0 Å². The summed E-state index contributed by atoms with van der Waals surface area (Å²) in [5.74, 6) is 0.294. The summed E-state index contributed by atoms with van der Waals surface area (Å²) >= 11 is 0. The van der Waals surface area contributed by atoms with Crippen molar-refractivity contribution < 1.29 is 9.53 Å². The highest BCUT2D eigenvalue weighted by Gasteiger charge is 2.31. The Bertz CT molecular complexity index is 524. The Morgan fingerprint density at radius 3 is 2.74 bits per heavy atom. The Kier molecular flexibility index (Phi) is 5.28. The number of rotatable bonds is 4. The largest absolute Gasteiger partial charge is 0.379 e. The van der Waals surface area contributed by atoms with Gasteiger partial charge in [0.1, 0.15) is 0 Å². The van der Waals surface area contributed by atoms with Gasteiger partial charge in [-0.25, -0.2) is 0 Å². The molecule has 2 aliphatic heterocycles. The third-order valence-corrected chi connectivity index (χ3v) is 4.73. The zero-order valence-corrected chi connectivity index (χ0v) is 14.2. The Morgan fingerprint density at radius 1 is 1.30 bits per heavy atom. The number of hydrogen-bond donors (Lipinski definition) is 0. The quantitative estimate of drug-likeness (QED) is 0.854. The number of aromatic nitrogens is 1. The van der Waals surface area contributed by atoms with Crippen molar-refractivity contribution in [1.29, 1.82) is 0 Å². The van der Waals surface area contributed by atoms with Crippen LogP contribution in [0.25, 0.3) is 0 Å². The van der Waals surface area contributed by atoms with Gasteiger partial charge < -0.3 is 9.64 Å². The smallest absolute Gasteiger partial charge is 0.225 e. The number of pyridine rings is 1. The van der Waals surface area contributed by atoms with Gasteiger partial charge in [0, 0.05) is 38.3 Å². The summed E-state index contributed by atoms with van der Waals surface area (Å²) in [6, 6.07) is 4.42. The molecule has 2 fully saturated rings. The van der Waals surface area contributed by atoms with Crippen LogP contribution in [0, 0.1) is 5.92 Å². The predicted molar refractivity (Wildman–Crippen MR) is 88.9 cm³/mol. The van der Waals surface area contributed by atoms with E-state index in [1.54, 1.807) is 0 Å². The number of morpholine rings is 1. The maximum atomic E-state index is 12.3. The summed E-state index contributed by atoms with van der Waals surface area (Å²) < 4.78 is 5.38. The molecule has 126 valence electrons. The van der Waals surface area contributed by atoms with Crippen LogP contribution in [0.5, 0.6) is 0 Å². The summed E-state index contributed by atoms with van der Waals surface area (Å²) in [5.41, 5.74) is 2.26. The lowest BCUT2D eigenvalue weighted by molar-refractivity contribution is -0.135. The maximum Gasteiger partial charge on any atom is 0.225 e. The van der Waals surface area contributed by atoms with Crippen LogP contribution in [-0.2, 0) is 16.1 Å². The van der Waals surface area contributed by atoms with Gasteiger partial charge in [-0.2, -0.15) is 0 Å². The molecule has 5 heteroatoms. The third kappa shape index (κ3) is 3.90. The van der Waals surface area contributed by atoms with Crippen molar-refractivity contribution in [2.75, 3.05) is 32.8 Å². The van der Waals surface area contributed by atoms with Crippen LogP contribution < -0.4 is 0 Å². The van der Waals surface area contributed by atoms with E-state index in [2.05, 4.69) is 22.0 Å². The number of ether oxygens (including phenoxy) is 1. The average molecular weight is 317 g/mol. The molecule has 1 aromatic heterocycles. The summed E-state index contributed by atoms with van der Waals surface area (Å²) in [4.78, 5) is 21.4. The Balaban J connectivity index is 1.65. The molecular weight excluding hydrogens is 290 g/mol. The fourth-order valence-electron chi connectivity index (χ4n) is 3.41. The van der Waals surface area contributed by atoms with Crippen molar-refractivity contribution in [2.24, 2.45) is 5.92 Å². The highest BCUT2D eigenvalue weighted by Crippen LogP contribution is 2.32. The van der Waals surface area contributed by atoms with E-state index in [-0.39, 0.29) is 17.9 Å². The van der Waals surface area contributed by atoms with Gasteiger partial charge >= 0.3 is 0 Å². The highest BCUT2D eigenvalue weighted by molar-refractivity contribution is 5.78. The molecule has 0 aliphatic carbocycles. The summed E-state index contributed by atoms with van der Waals surface area (Å²) in [5, 5.41) is 0. The van der Waals surface area contributed by atoms with Crippen molar-refractivity contribution in [2.45, 2.75) is 39.3 Å². The molecule has 1 amide bonds. The van der Waals surface area contributed by atoms with Crippen LogP contribution in [-0.4, -0.2) is 53.5 Å². The minimum absolute atomic E-state index is 0.0520. The SMILES string of the molecule is CC(C)C(=O)N1CCCC1c1ccc(CN2CCOCC2)cn1. The van der Waals surface area contributed by atoms with E-state index in [1.807, 2.05) is 24.9 Å². The molecule has 2 saturated heterocycles. The second-order valence-corrected chi connectivity index (χ2v) is 6.82. The molecular formula is C18H27N3O2. The predicted octanol–water partition coefficient (Wildman–Crippen LogP) is 2.23. The number of amides is 1. The van der Waals surface area contributed by atoms with Crippen molar-refractivity contribution >= 4 is 5.91 Å². The molecule has 1 unspecified atom stereocenters. The van der Waals surface area contributed by atoms with Gasteiger partial charge in [-0.05, 0) is 24.5 Å². The molecule has 23 heavy (non-hydrogen) atoms. The fraction of sp³-hybridized carbons (Fsp3) is 0.667. The topological polar surface area (TPSA) is 45.7 Å². The second-order valence-electron chi connectivity index (χ2n) is 6.82. The van der Waals surface area contributed by atoms with E-state index in [0.29, 0.717) is 0 Å². The van der Waals surface area contributed by atoms with E-state index in [1.165, 1.54) is 5.56 Å². The van der Waals surface area contributed by atoms with Gasteiger partial charge in [0.25, 0.3) is 0 Å². The Labute approximate surface area is 138 Å². The first-order valence-corrected chi connectivity index (χ1v) is 8.70. The summed E-state index contributed by atoms with van der Waals surface area (Å²) in [6.45, 7) is 9.34. The van der Waals surface area contributed by atoms with Crippen molar-refractivity contribution in [1.82, 2.24) is 14.8 Å². The van der Waals surface area contributed by atoms with E-state index in [4.69, 9.17) is 4.74 Å². The molecule has 3 rings (SSSR count). The molecule has 0 aromatic carbocycles. The number of nitrogens with zero attached hydrogens (tertiary/aromatic N) is 3. The van der Waals surface area contributed by atoms with Gasteiger partial charge in [-0.1, -0.05) is 19.9 Å². The first-order valence-electron chi connectivity index (χ1n) is 8.70. The van der Waals surface area contributed by atoms with Gasteiger partial charge in [0.2, 0.25) is 5.91 Å². The molecule has 0 radical (unpaired) electrons. The fourth-order valence-corrected chi connectivity index (χ4v) is 3.41. The van der Waals surface area contributed by atoms with Gasteiger partial charge in [0.15, 0.2) is 0 Å². The number of carbonyl (C=O) groups is 1. The molecule has 0 N–H and O–H groups in total. The van der Waals surface area contributed by atoms with Crippen LogP contribution >= 0.6 is 0 Å². The summed E-state index contributed by atoms with van der Waals surface area (Å²) in [6.07, 6.45) is 4.07. The van der Waals surface area contributed by atoms with E-state index < -0.39 is 0 Å². The monoisotopic (exact) mass is 317 g/mol. The van der Waals surface area contributed by atoms with Gasteiger partial charge in [-0.15, -0.1) is 0 Å². The maximum absolute atomic E-state index is 12.3. The summed E-state index contributed by atoms with van der Waals surface area (Å²) in [7, 11) is 0. The third-order valence-electron chi connectivity index (χ3n) is 4.73. The number of carbonyl (C=O) groups excluding carboxylic acids is 1. The van der Waals surface area contributed by atoms with E-state index >= 15 is 0 Å². The molecule has 5 nitrogen and oxygen atoms in total. The highest BCUT2D eigenvalue weighted by atomic mass is 16.5. The van der Waals surface area contributed by atoms with Crippen LogP contribution in [0.2, 0.25) is 0 Å². The Hall–Kier alpha value is -1.46.